The van der Waals surface area contributed by atoms with Gasteiger partial charge in [0.1, 0.15) is 16.7 Å². The van der Waals surface area contributed by atoms with Crippen molar-refractivity contribution in [3.8, 4) is 0 Å². The first-order chi connectivity index (χ1) is 9.47. The van der Waals surface area contributed by atoms with Crippen molar-refractivity contribution in [1.82, 2.24) is 9.97 Å². The molecule has 0 saturated heterocycles. The maximum atomic E-state index is 12.7. The predicted octanol–water partition coefficient (Wildman–Crippen LogP) is 2.43. The number of nitrogens with one attached hydrogen (secondary N) is 1. The number of hydrogen-bond acceptors (Lipinski definition) is 5. The van der Waals surface area contributed by atoms with Gasteiger partial charge in [-0.05, 0) is 18.2 Å². The molecule has 0 radical (unpaired) electrons. The second-order valence-electron chi connectivity index (χ2n) is 3.57. The molecule has 0 aliphatic heterocycles. The lowest BCUT2D eigenvalue weighted by molar-refractivity contribution is -0.384. The van der Waals surface area contributed by atoms with Crippen LogP contribution in [-0.2, 0) is 0 Å². The molecule has 0 spiro atoms. The highest BCUT2D eigenvalue weighted by atomic mass is 35.5. The average molecular weight is 297 g/mol. The minimum absolute atomic E-state index is 0.0158. The molecule has 0 aliphatic carbocycles. The van der Waals surface area contributed by atoms with Gasteiger partial charge < -0.3 is 0 Å². The zero-order valence-electron chi connectivity index (χ0n) is 9.71. The fraction of sp³-hybridized carbons (Fsp3) is 0. The van der Waals surface area contributed by atoms with E-state index in [4.69, 9.17) is 11.6 Å². The first kappa shape index (κ1) is 13.8. The second-order valence-corrected chi connectivity index (χ2v) is 3.96. The molecule has 102 valence electrons. The van der Waals surface area contributed by atoms with Gasteiger partial charge in [-0.2, -0.15) is 0 Å². The molecule has 9 heteroatoms. The highest BCUT2D eigenvalue weighted by Gasteiger charge is 2.19. The third kappa shape index (κ3) is 3.04. The van der Waals surface area contributed by atoms with Gasteiger partial charge >= 0.3 is 5.69 Å². The Kier molecular flexibility index (Phi) is 3.85. The summed E-state index contributed by atoms with van der Waals surface area (Å²) >= 11 is 5.62. The average Bonchev–Trinajstić information content (AvgIpc) is 2.39. The quantitative estimate of drug-likeness (QED) is 0.533. The van der Waals surface area contributed by atoms with Crippen LogP contribution in [0.4, 0.5) is 15.9 Å². The van der Waals surface area contributed by atoms with E-state index in [0.717, 1.165) is 24.4 Å². The molecule has 2 aromatic heterocycles. The molecule has 20 heavy (non-hydrogen) atoms. The van der Waals surface area contributed by atoms with Crippen molar-refractivity contribution in [2.75, 3.05) is 5.32 Å². The monoisotopic (exact) mass is 296 g/mol. The first-order valence-electron chi connectivity index (χ1n) is 5.21. The summed E-state index contributed by atoms with van der Waals surface area (Å²) in [5.41, 5.74) is -0.521. The minimum atomic E-state index is -0.761. The number of carbonyl (C=O) groups is 1. The van der Waals surface area contributed by atoms with E-state index in [2.05, 4.69) is 15.3 Å². The lowest BCUT2D eigenvalue weighted by atomic mass is 10.3. The molecule has 0 aromatic carbocycles. The Labute approximate surface area is 116 Å². The first-order valence-corrected chi connectivity index (χ1v) is 5.59. The van der Waals surface area contributed by atoms with Gasteiger partial charge in [0, 0.05) is 6.07 Å². The lowest BCUT2D eigenvalue weighted by Crippen LogP contribution is -2.15. The smallest absolute Gasteiger partial charge is 0.299 e. The van der Waals surface area contributed by atoms with E-state index in [0.29, 0.717) is 0 Å². The van der Waals surface area contributed by atoms with E-state index in [1.807, 2.05) is 0 Å². The SMILES string of the molecule is O=C(Nc1nc(Cl)ccc1[N+](=O)[O-])c1ccc(F)cn1. The van der Waals surface area contributed by atoms with Crippen LogP contribution in [0.2, 0.25) is 5.15 Å². The van der Waals surface area contributed by atoms with Crippen molar-refractivity contribution in [2.24, 2.45) is 0 Å². The fourth-order valence-corrected chi connectivity index (χ4v) is 1.50. The summed E-state index contributed by atoms with van der Waals surface area (Å²) in [6.07, 6.45) is 0.856. The number of carbonyl (C=O) groups excluding carboxylic acids is 1. The molecule has 2 aromatic rings. The Morgan fingerprint density at radius 1 is 1.35 bits per heavy atom. The summed E-state index contributed by atoms with van der Waals surface area (Å²) in [5, 5.41) is 13.0. The molecule has 0 atom stereocenters. The predicted molar refractivity (Wildman–Crippen MR) is 68.0 cm³/mol. The highest BCUT2D eigenvalue weighted by Crippen LogP contribution is 2.24. The van der Waals surface area contributed by atoms with Gasteiger partial charge in [0.15, 0.2) is 0 Å². The molecule has 0 fully saturated rings. The van der Waals surface area contributed by atoms with E-state index in [1.54, 1.807) is 0 Å². The molecular formula is C11H6ClFN4O3. The number of nitrogens with zero attached hydrogens (tertiary/aromatic N) is 3. The number of rotatable bonds is 3. The number of hydrogen-bond donors (Lipinski definition) is 1. The van der Waals surface area contributed by atoms with Crippen LogP contribution in [0.15, 0.2) is 30.5 Å². The summed E-state index contributed by atoms with van der Waals surface area (Å²) in [5.74, 6) is -1.67. The van der Waals surface area contributed by atoms with Crippen molar-refractivity contribution in [1.29, 1.82) is 0 Å². The number of nitro groups is 1. The Balaban J connectivity index is 2.29. The van der Waals surface area contributed by atoms with E-state index in [-0.39, 0.29) is 16.7 Å². The molecule has 2 heterocycles. The Morgan fingerprint density at radius 3 is 2.70 bits per heavy atom. The van der Waals surface area contributed by atoms with Gasteiger partial charge in [-0.1, -0.05) is 11.6 Å². The van der Waals surface area contributed by atoms with Crippen LogP contribution >= 0.6 is 11.6 Å². The van der Waals surface area contributed by atoms with E-state index in [1.165, 1.54) is 6.07 Å². The Bertz CT molecular complexity index is 678. The minimum Gasteiger partial charge on any atom is -0.299 e. The van der Waals surface area contributed by atoms with Crippen LogP contribution in [0.5, 0.6) is 0 Å². The largest absolute Gasteiger partial charge is 0.311 e. The summed E-state index contributed by atoms with van der Waals surface area (Å²) < 4.78 is 12.7. The fourth-order valence-electron chi connectivity index (χ4n) is 1.35. The van der Waals surface area contributed by atoms with Crippen molar-refractivity contribution < 1.29 is 14.1 Å². The van der Waals surface area contributed by atoms with Gasteiger partial charge in [0.05, 0.1) is 11.1 Å². The second kappa shape index (κ2) is 5.57. The molecule has 0 saturated carbocycles. The maximum Gasteiger partial charge on any atom is 0.311 e. The standard InChI is InChI=1S/C11H6ClFN4O3/c12-9-4-3-8(17(19)20)10(15-9)16-11(18)7-2-1-6(13)5-14-7/h1-5H,(H,15,16,18). The van der Waals surface area contributed by atoms with Crippen LogP contribution in [0, 0.1) is 15.9 Å². The molecule has 7 nitrogen and oxygen atoms in total. The van der Waals surface area contributed by atoms with Gasteiger partial charge in [0.25, 0.3) is 5.91 Å². The molecule has 0 aliphatic rings. The van der Waals surface area contributed by atoms with Gasteiger partial charge in [0.2, 0.25) is 5.82 Å². The molecule has 0 unspecified atom stereocenters. The molecule has 1 N–H and O–H groups in total. The normalized spacial score (nSPS) is 10.1. The highest BCUT2D eigenvalue weighted by molar-refractivity contribution is 6.29. The third-order valence-corrected chi connectivity index (χ3v) is 2.44. The van der Waals surface area contributed by atoms with Crippen molar-refractivity contribution in [3.05, 3.63) is 57.2 Å². The zero-order valence-corrected chi connectivity index (χ0v) is 10.5. The van der Waals surface area contributed by atoms with Crippen molar-refractivity contribution in [3.63, 3.8) is 0 Å². The Morgan fingerprint density at radius 2 is 2.10 bits per heavy atom. The maximum absolute atomic E-state index is 12.7. The van der Waals surface area contributed by atoms with E-state index < -0.39 is 22.3 Å². The van der Waals surface area contributed by atoms with Gasteiger partial charge in [-0.15, -0.1) is 0 Å². The number of pyridine rings is 2. The Hall–Kier alpha value is -2.61. The molecule has 1 amide bonds. The molecular weight excluding hydrogens is 291 g/mol. The summed E-state index contributed by atoms with van der Waals surface area (Å²) in [4.78, 5) is 29.1. The number of halogens is 2. The van der Waals surface area contributed by atoms with Crippen LogP contribution in [0.25, 0.3) is 0 Å². The molecule has 2 rings (SSSR count). The van der Waals surface area contributed by atoms with Crippen LogP contribution in [0.3, 0.4) is 0 Å². The van der Waals surface area contributed by atoms with Crippen LogP contribution in [0.1, 0.15) is 10.5 Å². The summed E-state index contributed by atoms with van der Waals surface area (Å²) in [6, 6.07) is 4.53. The van der Waals surface area contributed by atoms with Crippen molar-refractivity contribution >= 4 is 29.0 Å². The summed E-state index contributed by atoms with van der Waals surface area (Å²) in [7, 11) is 0. The molecule has 0 bridgehead atoms. The topological polar surface area (TPSA) is 98.0 Å². The van der Waals surface area contributed by atoms with Crippen LogP contribution in [-0.4, -0.2) is 20.8 Å². The van der Waals surface area contributed by atoms with Gasteiger partial charge in [-0.25, -0.2) is 14.4 Å². The third-order valence-electron chi connectivity index (χ3n) is 2.23. The summed E-state index contributed by atoms with van der Waals surface area (Å²) in [6.45, 7) is 0. The van der Waals surface area contributed by atoms with Gasteiger partial charge in [-0.3, -0.25) is 20.2 Å². The van der Waals surface area contributed by atoms with E-state index >= 15 is 0 Å². The van der Waals surface area contributed by atoms with E-state index in [9.17, 15) is 19.3 Å². The van der Waals surface area contributed by atoms with Crippen LogP contribution < -0.4 is 5.32 Å². The van der Waals surface area contributed by atoms with Crippen molar-refractivity contribution in [2.45, 2.75) is 0 Å². The number of anilines is 1. The number of aromatic nitrogens is 2. The lowest BCUT2D eigenvalue weighted by Gasteiger charge is -2.04. The number of amides is 1. The zero-order chi connectivity index (χ0) is 14.7.